The zero-order chi connectivity index (χ0) is 17.5. The fraction of sp³-hybridized carbons (Fsp3) is 0.167. The second-order valence-corrected chi connectivity index (χ2v) is 5.77. The standard InChI is InChI=1S/C18H17ClN2O3/c1-13(15-5-3-2-4-6-15)12-20-18(22)10-8-14-7-9-16(19)17(11-14)21(23)24/h2-11,13H,12H2,1H3,(H,20,22)/b10-8+. The highest BCUT2D eigenvalue weighted by molar-refractivity contribution is 6.32. The summed E-state index contributed by atoms with van der Waals surface area (Å²) in [5.41, 5.74) is 1.50. The predicted molar refractivity (Wildman–Crippen MR) is 95.0 cm³/mol. The average molecular weight is 345 g/mol. The van der Waals surface area contributed by atoms with E-state index in [1.54, 1.807) is 6.07 Å². The summed E-state index contributed by atoms with van der Waals surface area (Å²) in [6.45, 7) is 2.54. The molecule has 1 atom stereocenters. The molecule has 124 valence electrons. The largest absolute Gasteiger partial charge is 0.352 e. The van der Waals surface area contributed by atoms with Gasteiger partial charge in [0.25, 0.3) is 5.69 Å². The summed E-state index contributed by atoms with van der Waals surface area (Å²) in [6, 6.07) is 14.3. The molecule has 0 aromatic heterocycles. The van der Waals surface area contributed by atoms with Crippen molar-refractivity contribution in [2.45, 2.75) is 12.8 Å². The maximum Gasteiger partial charge on any atom is 0.288 e. The summed E-state index contributed by atoms with van der Waals surface area (Å²) < 4.78 is 0. The number of carbonyl (C=O) groups excluding carboxylic acids is 1. The van der Waals surface area contributed by atoms with Crippen molar-refractivity contribution in [3.8, 4) is 0 Å². The lowest BCUT2D eigenvalue weighted by Gasteiger charge is -2.11. The van der Waals surface area contributed by atoms with E-state index in [0.717, 1.165) is 5.56 Å². The Morgan fingerprint density at radius 1 is 1.29 bits per heavy atom. The highest BCUT2D eigenvalue weighted by Gasteiger charge is 2.11. The van der Waals surface area contributed by atoms with Gasteiger partial charge in [0.1, 0.15) is 5.02 Å². The maximum atomic E-state index is 11.9. The number of rotatable bonds is 6. The number of halogens is 1. The van der Waals surface area contributed by atoms with Gasteiger partial charge in [0.15, 0.2) is 0 Å². The Labute approximate surface area is 145 Å². The van der Waals surface area contributed by atoms with Crippen LogP contribution in [0.25, 0.3) is 6.08 Å². The summed E-state index contributed by atoms with van der Waals surface area (Å²) in [5.74, 6) is -0.0597. The van der Waals surface area contributed by atoms with Crippen LogP contribution >= 0.6 is 11.6 Å². The van der Waals surface area contributed by atoms with E-state index < -0.39 is 4.92 Å². The SMILES string of the molecule is CC(CNC(=O)/C=C/c1ccc(Cl)c([N+](=O)[O-])c1)c1ccccc1. The van der Waals surface area contributed by atoms with E-state index in [-0.39, 0.29) is 22.5 Å². The normalized spacial score (nSPS) is 12.1. The van der Waals surface area contributed by atoms with Crippen molar-refractivity contribution in [3.63, 3.8) is 0 Å². The first-order chi connectivity index (χ1) is 11.5. The smallest absolute Gasteiger partial charge is 0.288 e. The van der Waals surface area contributed by atoms with Crippen molar-refractivity contribution in [2.75, 3.05) is 6.54 Å². The van der Waals surface area contributed by atoms with Crippen molar-refractivity contribution in [2.24, 2.45) is 0 Å². The molecule has 0 bridgehead atoms. The summed E-state index contributed by atoms with van der Waals surface area (Å²) in [6.07, 6.45) is 2.87. The number of benzene rings is 2. The van der Waals surface area contributed by atoms with E-state index >= 15 is 0 Å². The molecule has 0 aliphatic carbocycles. The fourth-order valence-corrected chi connectivity index (χ4v) is 2.34. The second kappa shape index (κ2) is 8.26. The highest BCUT2D eigenvalue weighted by Crippen LogP contribution is 2.25. The van der Waals surface area contributed by atoms with Gasteiger partial charge in [0, 0.05) is 18.7 Å². The minimum atomic E-state index is -0.554. The number of nitro benzene ring substituents is 1. The summed E-state index contributed by atoms with van der Waals surface area (Å²) >= 11 is 5.75. The van der Waals surface area contributed by atoms with E-state index in [0.29, 0.717) is 12.1 Å². The van der Waals surface area contributed by atoms with Gasteiger partial charge in [-0.25, -0.2) is 0 Å². The lowest BCUT2D eigenvalue weighted by atomic mass is 10.0. The van der Waals surface area contributed by atoms with Gasteiger partial charge in [-0.15, -0.1) is 0 Å². The van der Waals surface area contributed by atoms with Gasteiger partial charge in [-0.2, -0.15) is 0 Å². The molecule has 2 aromatic rings. The number of nitro groups is 1. The van der Waals surface area contributed by atoms with Crippen LogP contribution in [0.3, 0.4) is 0 Å². The molecule has 6 heteroatoms. The third kappa shape index (κ3) is 4.93. The molecule has 0 aliphatic heterocycles. The first-order valence-corrected chi connectivity index (χ1v) is 7.80. The van der Waals surface area contributed by atoms with Crippen LogP contribution in [0.2, 0.25) is 5.02 Å². The number of hydrogen-bond donors (Lipinski definition) is 1. The predicted octanol–water partition coefficient (Wildman–Crippen LogP) is 4.18. The van der Waals surface area contributed by atoms with E-state index in [1.165, 1.54) is 24.3 Å². The van der Waals surface area contributed by atoms with Crippen LogP contribution < -0.4 is 5.32 Å². The van der Waals surface area contributed by atoms with E-state index in [2.05, 4.69) is 5.32 Å². The third-order valence-electron chi connectivity index (χ3n) is 3.55. The van der Waals surface area contributed by atoms with Gasteiger partial charge >= 0.3 is 0 Å². The Morgan fingerprint density at radius 2 is 2.00 bits per heavy atom. The van der Waals surface area contributed by atoms with Crippen molar-refractivity contribution in [1.82, 2.24) is 5.32 Å². The van der Waals surface area contributed by atoms with E-state index in [4.69, 9.17) is 11.6 Å². The molecular formula is C18H17ClN2O3. The number of amides is 1. The van der Waals surface area contributed by atoms with Crippen LogP contribution in [0.1, 0.15) is 24.0 Å². The van der Waals surface area contributed by atoms with Crippen molar-refractivity contribution in [3.05, 3.63) is 80.9 Å². The topological polar surface area (TPSA) is 72.2 Å². The molecule has 1 N–H and O–H groups in total. The van der Waals surface area contributed by atoms with Gasteiger partial charge in [0.05, 0.1) is 4.92 Å². The van der Waals surface area contributed by atoms with Crippen LogP contribution in [0.15, 0.2) is 54.6 Å². The summed E-state index contributed by atoms with van der Waals surface area (Å²) in [7, 11) is 0. The first-order valence-electron chi connectivity index (χ1n) is 7.42. The maximum absolute atomic E-state index is 11.9. The van der Waals surface area contributed by atoms with Gasteiger partial charge < -0.3 is 5.32 Å². The highest BCUT2D eigenvalue weighted by atomic mass is 35.5. The fourth-order valence-electron chi connectivity index (χ4n) is 2.16. The second-order valence-electron chi connectivity index (χ2n) is 5.36. The molecule has 24 heavy (non-hydrogen) atoms. The lowest BCUT2D eigenvalue weighted by molar-refractivity contribution is -0.384. The molecule has 0 fully saturated rings. The van der Waals surface area contributed by atoms with Crippen LogP contribution in [0, 0.1) is 10.1 Å². The minimum absolute atomic E-state index is 0.0679. The van der Waals surface area contributed by atoms with E-state index in [9.17, 15) is 14.9 Å². The molecule has 0 radical (unpaired) electrons. The third-order valence-corrected chi connectivity index (χ3v) is 3.86. The molecule has 0 spiro atoms. The zero-order valence-electron chi connectivity index (χ0n) is 13.1. The molecular weight excluding hydrogens is 328 g/mol. The molecule has 2 rings (SSSR count). The molecule has 5 nitrogen and oxygen atoms in total. The molecule has 1 unspecified atom stereocenters. The quantitative estimate of drug-likeness (QED) is 0.485. The number of carbonyl (C=O) groups is 1. The van der Waals surface area contributed by atoms with Crippen LogP contribution in [-0.2, 0) is 4.79 Å². The van der Waals surface area contributed by atoms with Crippen LogP contribution in [-0.4, -0.2) is 17.4 Å². The van der Waals surface area contributed by atoms with Crippen molar-refractivity contribution in [1.29, 1.82) is 0 Å². The average Bonchev–Trinajstić information content (AvgIpc) is 2.59. The molecule has 0 aliphatic rings. The number of nitrogens with one attached hydrogen (secondary N) is 1. The van der Waals surface area contributed by atoms with Crippen molar-refractivity contribution < 1.29 is 9.72 Å². The lowest BCUT2D eigenvalue weighted by Crippen LogP contribution is -2.25. The molecule has 0 saturated carbocycles. The summed E-state index contributed by atoms with van der Waals surface area (Å²) in [5, 5.41) is 13.7. The zero-order valence-corrected chi connectivity index (χ0v) is 13.9. The minimum Gasteiger partial charge on any atom is -0.352 e. The van der Waals surface area contributed by atoms with Gasteiger partial charge in [-0.05, 0) is 29.2 Å². The Hall–Kier alpha value is -2.66. The van der Waals surface area contributed by atoms with Crippen LogP contribution in [0.4, 0.5) is 5.69 Å². The van der Waals surface area contributed by atoms with Crippen LogP contribution in [0.5, 0.6) is 0 Å². The Balaban J connectivity index is 1.94. The van der Waals surface area contributed by atoms with E-state index in [1.807, 2.05) is 37.3 Å². The van der Waals surface area contributed by atoms with Gasteiger partial charge in [-0.3, -0.25) is 14.9 Å². The Kier molecular flexibility index (Phi) is 6.09. The Morgan fingerprint density at radius 3 is 2.67 bits per heavy atom. The van der Waals surface area contributed by atoms with Gasteiger partial charge in [-0.1, -0.05) is 54.9 Å². The first kappa shape index (κ1) is 17.7. The molecule has 0 saturated heterocycles. The number of nitrogens with zero attached hydrogens (tertiary/aromatic N) is 1. The summed E-state index contributed by atoms with van der Waals surface area (Å²) in [4.78, 5) is 22.2. The van der Waals surface area contributed by atoms with Gasteiger partial charge in [0.2, 0.25) is 5.91 Å². The number of hydrogen-bond acceptors (Lipinski definition) is 3. The Bertz CT molecular complexity index is 760. The monoisotopic (exact) mass is 344 g/mol. The molecule has 2 aromatic carbocycles. The molecule has 1 amide bonds. The molecule has 0 heterocycles. The van der Waals surface area contributed by atoms with Crippen molar-refractivity contribution >= 4 is 29.3 Å².